The quantitative estimate of drug-likeness (QED) is 0.853. The van der Waals surface area contributed by atoms with Crippen LogP contribution in [-0.4, -0.2) is 33.4 Å². The van der Waals surface area contributed by atoms with Crippen LogP contribution in [0.3, 0.4) is 0 Å². The molecule has 22 heavy (non-hydrogen) atoms. The molecule has 0 radical (unpaired) electrons. The molecule has 1 heterocycles. The molecule has 7 heteroatoms. The van der Waals surface area contributed by atoms with Gasteiger partial charge in [-0.05, 0) is 38.1 Å². The van der Waals surface area contributed by atoms with Crippen LogP contribution in [0.5, 0.6) is 5.75 Å². The second kappa shape index (κ2) is 6.75. The summed E-state index contributed by atoms with van der Waals surface area (Å²) in [6.07, 6.45) is 2.74. The highest BCUT2D eigenvalue weighted by Gasteiger charge is 2.16. The Balaban J connectivity index is 2.04. The number of aliphatic carboxylic acids is 1. The minimum atomic E-state index is -1.01. The molecule has 0 bridgehead atoms. The molecular formula is C15H17N3O4. The molecule has 1 aromatic heterocycles. The molecule has 0 saturated heterocycles. The summed E-state index contributed by atoms with van der Waals surface area (Å²) in [6, 6.07) is 6.15. The van der Waals surface area contributed by atoms with E-state index in [2.05, 4.69) is 10.4 Å². The number of anilines is 1. The number of carbonyl (C=O) groups is 2. The highest BCUT2D eigenvalue weighted by Crippen LogP contribution is 2.16. The Bertz CT molecular complexity index is 664. The van der Waals surface area contributed by atoms with Gasteiger partial charge in [0.1, 0.15) is 11.8 Å². The first-order valence-electron chi connectivity index (χ1n) is 6.82. The maximum absolute atomic E-state index is 12.1. The summed E-state index contributed by atoms with van der Waals surface area (Å²) in [4.78, 5) is 23.0. The van der Waals surface area contributed by atoms with Crippen molar-refractivity contribution in [2.45, 2.75) is 19.9 Å². The van der Waals surface area contributed by atoms with E-state index in [1.165, 1.54) is 24.0 Å². The second-order valence-corrected chi connectivity index (χ2v) is 4.63. The Labute approximate surface area is 127 Å². The average molecular weight is 303 g/mol. The molecule has 0 saturated carbocycles. The summed E-state index contributed by atoms with van der Waals surface area (Å²) < 4.78 is 6.55. The van der Waals surface area contributed by atoms with Gasteiger partial charge in [0.25, 0.3) is 5.91 Å². The fourth-order valence-corrected chi connectivity index (χ4v) is 1.78. The molecule has 116 valence electrons. The summed E-state index contributed by atoms with van der Waals surface area (Å²) in [5.74, 6) is -0.641. The molecule has 2 aromatic rings. The molecule has 0 spiro atoms. The monoisotopic (exact) mass is 303 g/mol. The van der Waals surface area contributed by atoms with E-state index in [1.54, 1.807) is 24.3 Å². The molecule has 0 aliphatic carbocycles. The zero-order chi connectivity index (χ0) is 16.1. The van der Waals surface area contributed by atoms with E-state index in [0.717, 1.165) is 5.75 Å². The SMILES string of the molecule is CCOc1ccc(NC(=O)c2cnn(C(C)C(=O)O)c2)cc1. The van der Waals surface area contributed by atoms with Crippen molar-refractivity contribution in [3.8, 4) is 5.75 Å². The van der Waals surface area contributed by atoms with Crippen molar-refractivity contribution >= 4 is 17.6 Å². The lowest BCUT2D eigenvalue weighted by atomic mass is 10.2. The number of carbonyl (C=O) groups excluding carboxylic acids is 1. The minimum absolute atomic E-state index is 0.294. The van der Waals surface area contributed by atoms with Gasteiger partial charge in [0.05, 0.1) is 18.4 Å². The van der Waals surface area contributed by atoms with Crippen LogP contribution >= 0.6 is 0 Å². The molecule has 1 aromatic carbocycles. The van der Waals surface area contributed by atoms with Gasteiger partial charge in [-0.3, -0.25) is 9.48 Å². The molecule has 0 fully saturated rings. The number of nitrogens with zero attached hydrogens (tertiary/aromatic N) is 2. The van der Waals surface area contributed by atoms with Gasteiger partial charge in [0, 0.05) is 11.9 Å². The molecule has 0 aliphatic rings. The summed E-state index contributed by atoms with van der Waals surface area (Å²) in [5.41, 5.74) is 0.912. The molecule has 0 aliphatic heterocycles. The van der Waals surface area contributed by atoms with Gasteiger partial charge in [0.2, 0.25) is 0 Å². The maximum atomic E-state index is 12.1. The topological polar surface area (TPSA) is 93.5 Å². The molecular weight excluding hydrogens is 286 g/mol. The van der Waals surface area contributed by atoms with Crippen molar-refractivity contribution in [1.29, 1.82) is 0 Å². The third-order valence-electron chi connectivity index (χ3n) is 3.04. The Kier molecular flexibility index (Phi) is 4.77. The molecule has 7 nitrogen and oxygen atoms in total. The van der Waals surface area contributed by atoms with Crippen LogP contribution in [0.4, 0.5) is 5.69 Å². The summed E-state index contributed by atoms with van der Waals surface area (Å²) in [6.45, 7) is 3.96. The summed E-state index contributed by atoms with van der Waals surface area (Å²) in [7, 11) is 0. The van der Waals surface area contributed by atoms with E-state index < -0.39 is 12.0 Å². The molecule has 1 amide bonds. The smallest absolute Gasteiger partial charge is 0.328 e. The van der Waals surface area contributed by atoms with Gasteiger partial charge in [-0.2, -0.15) is 5.10 Å². The van der Waals surface area contributed by atoms with Gasteiger partial charge < -0.3 is 15.2 Å². The highest BCUT2D eigenvalue weighted by atomic mass is 16.5. The first kappa shape index (κ1) is 15.6. The van der Waals surface area contributed by atoms with E-state index in [9.17, 15) is 9.59 Å². The number of benzene rings is 1. The standard InChI is InChI=1S/C15H17N3O4/c1-3-22-13-6-4-12(5-7-13)17-14(19)11-8-16-18(9-11)10(2)15(20)21/h4-10H,3H2,1-2H3,(H,17,19)(H,20,21). The number of ether oxygens (including phenoxy) is 1. The Hall–Kier alpha value is -2.83. The first-order chi connectivity index (χ1) is 10.5. The number of carboxylic acids is 1. The summed E-state index contributed by atoms with van der Waals surface area (Å²) >= 11 is 0. The van der Waals surface area contributed by atoms with Crippen LogP contribution in [0.1, 0.15) is 30.2 Å². The third kappa shape index (κ3) is 3.63. The lowest BCUT2D eigenvalue weighted by Gasteiger charge is -2.06. The average Bonchev–Trinajstić information content (AvgIpc) is 2.98. The van der Waals surface area contributed by atoms with Crippen LogP contribution in [-0.2, 0) is 4.79 Å². The normalized spacial score (nSPS) is 11.7. The zero-order valence-corrected chi connectivity index (χ0v) is 12.3. The van der Waals surface area contributed by atoms with Crippen LogP contribution in [0, 0.1) is 0 Å². The Morgan fingerprint density at radius 1 is 1.36 bits per heavy atom. The molecule has 1 unspecified atom stereocenters. The molecule has 1 atom stereocenters. The van der Waals surface area contributed by atoms with Crippen molar-refractivity contribution in [1.82, 2.24) is 9.78 Å². The predicted octanol–water partition coefficient (Wildman–Crippen LogP) is 2.18. The largest absolute Gasteiger partial charge is 0.494 e. The van der Waals surface area contributed by atoms with Crippen LogP contribution < -0.4 is 10.1 Å². The van der Waals surface area contributed by atoms with Crippen molar-refractivity contribution in [2.75, 3.05) is 11.9 Å². The fourth-order valence-electron chi connectivity index (χ4n) is 1.78. The minimum Gasteiger partial charge on any atom is -0.494 e. The van der Waals surface area contributed by atoms with Gasteiger partial charge >= 0.3 is 5.97 Å². The predicted molar refractivity (Wildman–Crippen MR) is 80.1 cm³/mol. The second-order valence-electron chi connectivity index (χ2n) is 4.63. The molecule has 2 N–H and O–H groups in total. The van der Waals surface area contributed by atoms with E-state index in [1.807, 2.05) is 6.92 Å². The highest BCUT2D eigenvalue weighted by molar-refractivity contribution is 6.04. The van der Waals surface area contributed by atoms with E-state index in [0.29, 0.717) is 17.9 Å². The van der Waals surface area contributed by atoms with Gasteiger partial charge in [-0.25, -0.2) is 4.79 Å². The van der Waals surface area contributed by atoms with Crippen molar-refractivity contribution in [2.24, 2.45) is 0 Å². The number of hydrogen-bond donors (Lipinski definition) is 2. The van der Waals surface area contributed by atoms with Crippen LogP contribution in [0.15, 0.2) is 36.7 Å². The van der Waals surface area contributed by atoms with Crippen LogP contribution in [0.2, 0.25) is 0 Å². The van der Waals surface area contributed by atoms with Crippen molar-refractivity contribution < 1.29 is 19.4 Å². The lowest BCUT2D eigenvalue weighted by Crippen LogP contribution is -2.16. The van der Waals surface area contributed by atoms with Crippen molar-refractivity contribution in [3.63, 3.8) is 0 Å². The van der Waals surface area contributed by atoms with Gasteiger partial charge in [-0.1, -0.05) is 0 Å². The lowest BCUT2D eigenvalue weighted by molar-refractivity contribution is -0.140. The van der Waals surface area contributed by atoms with Crippen molar-refractivity contribution in [3.05, 3.63) is 42.2 Å². The number of carboxylic acid groups (broad SMARTS) is 1. The zero-order valence-electron chi connectivity index (χ0n) is 12.3. The number of rotatable bonds is 6. The first-order valence-corrected chi connectivity index (χ1v) is 6.82. The number of aromatic nitrogens is 2. The Morgan fingerprint density at radius 2 is 2.05 bits per heavy atom. The Morgan fingerprint density at radius 3 is 2.64 bits per heavy atom. The molecule has 2 rings (SSSR count). The van der Waals surface area contributed by atoms with E-state index in [-0.39, 0.29) is 5.91 Å². The maximum Gasteiger partial charge on any atom is 0.328 e. The van der Waals surface area contributed by atoms with E-state index >= 15 is 0 Å². The van der Waals surface area contributed by atoms with Gasteiger partial charge in [0.15, 0.2) is 0 Å². The third-order valence-corrected chi connectivity index (χ3v) is 3.04. The van der Waals surface area contributed by atoms with E-state index in [4.69, 9.17) is 9.84 Å². The number of amides is 1. The number of hydrogen-bond acceptors (Lipinski definition) is 4. The fraction of sp³-hybridized carbons (Fsp3) is 0.267. The van der Waals surface area contributed by atoms with Gasteiger partial charge in [-0.15, -0.1) is 0 Å². The summed E-state index contributed by atoms with van der Waals surface area (Å²) in [5, 5.41) is 15.5. The number of nitrogens with one attached hydrogen (secondary N) is 1. The van der Waals surface area contributed by atoms with Crippen LogP contribution in [0.25, 0.3) is 0 Å².